The third-order valence-corrected chi connectivity index (χ3v) is 3.99. The fourth-order valence-electron chi connectivity index (χ4n) is 3.02. The van der Waals surface area contributed by atoms with Crippen molar-refractivity contribution in [1.82, 2.24) is 4.90 Å². The Kier molecular flexibility index (Phi) is 5.42. The normalized spacial score (nSPS) is 22.6. The van der Waals surface area contributed by atoms with Crippen LogP contribution in [0.5, 0.6) is 0 Å². The first-order chi connectivity index (χ1) is 11.5. The van der Waals surface area contributed by atoms with E-state index in [-0.39, 0.29) is 0 Å². The zero-order chi connectivity index (χ0) is 18.8. The molecule has 0 radical (unpaired) electrons. The summed E-state index contributed by atoms with van der Waals surface area (Å²) in [7, 11) is 1.31. The minimum absolute atomic E-state index is 0.462. The topological polar surface area (TPSA) is 65.1 Å². The van der Waals surface area contributed by atoms with E-state index in [9.17, 15) is 9.59 Å². The molecule has 0 unspecified atom stereocenters. The highest BCUT2D eigenvalue weighted by Crippen LogP contribution is 2.35. The molecule has 1 aromatic carbocycles. The van der Waals surface area contributed by atoms with Gasteiger partial charge in [0, 0.05) is 0 Å². The SMILES string of the molecule is COC(=O)[C@H]1OC(C)(C)N(C(=O)OC(C)(C)C)[C@@H]1Cc1ccccc1. The molecule has 0 spiro atoms. The van der Waals surface area contributed by atoms with Crippen molar-refractivity contribution >= 4 is 12.1 Å². The van der Waals surface area contributed by atoms with Crippen LogP contribution in [0.3, 0.4) is 0 Å². The van der Waals surface area contributed by atoms with Crippen molar-refractivity contribution in [2.45, 2.75) is 64.5 Å². The minimum Gasteiger partial charge on any atom is -0.467 e. The van der Waals surface area contributed by atoms with Crippen LogP contribution in [0.25, 0.3) is 0 Å². The molecule has 1 saturated heterocycles. The predicted octanol–water partition coefficient (Wildman–Crippen LogP) is 3.14. The van der Waals surface area contributed by atoms with Crippen LogP contribution in [0.15, 0.2) is 30.3 Å². The molecule has 1 heterocycles. The molecule has 2 rings (SSSR count). The molecule has 138 valence electrons. The lowest BCUT2D eigenvalue weighted by Gasteiger charge is -2.35. The molecule has 6 heteroatoms. The van der Waals surface area contributed by atoms with Gasteiger partial charge in [0.1, 0.15) is 11.3 Å². The fraction of sp³-hybridized carbons (Fsp3) is 0.579. The van der Waals surface area contributed by atoms with Gasteiger partial charge in [0.25, 0.3) is 0 Å². The number of esters is 1. The van der Waals surface area contributed by atoms with Gasteiger partial charge in [-0.3, -0.25) is 4.90 Å². The third kappa shape index (κ3) is 4.51. The molecule has 0 saturated carbocycles. The van der Waals surface area contributed by atoms with Crippen LogP contribution in [-0.2, 0) is 25.4 Å². The van der Waals surface area contributed by atoms with Crippen LogP contribution in [0.2, 0.25) is 0 Å². The highest BCUT2D eigenvalue weighted by atomic mass is 16.6. The molecule has 1 aliphatic rings. The fourth-order valence-corrected chi connectivity index (χ4v) is 3.02. The van der Waals surface area contributed by atoms with Gasteiger partial charge in [-0.1, -0.05) is 30.3 Å². The number of nitrogens with zero attached hydrogens (tertiary/aromatic N) is 1. The summed E-state index contributed by atoms with van der Waals surface area (Å²) in [6.45, 7) is 8.91. The van der Waals surface area contributed by atoms with Crippen molar-refractivity contribution in [3.8, 4) is 0 Å². The van der Waals surface area contributed by atoms with Gasteiger partial charge in [-0.2, -0.15) is 0 Å². The Bertz CT molecular complexity index is 620. The number of carbonyl (C=O) groups is 2. The van der Waals surface area contributed by atoms with Gasteiger partial charge < -0.3 is 14.2 Å². The van der Waals surface area contributed by atoms with E-state index in [1.165, 1.54) is 12.0 Å². The summed E-state index contributed by atoms with van der Waals surface area (Å²) in [5.74, 6) is -0.500. The van der Waals surface area contributed by atoms with E-state index in [0.717, 1.165) is 5.56 Å². The molecule has 0 bridgehead atoms. The molecule has 2 atom stereocenters. The first-order valence-electron chi connectivity index (χ1n) is 8.37. The molecular weight excluding hydrogens is 322 g/mol. The molecule has 25 heavy (non-hydrogen) atoms. The lowest BCUT2D eigenvalue weighted by Crippen LogP contribution is -2.51. The van der Waals surface area contributed by atoms with Gasteiger partial charge in [-0.25, -0.2) is 9.59 Å². The van der Waals surface area contributed by atoms with Crippen molar-refractivity contribution in [1.29, 1.82) is 0 Å². The second-order valence-corrected chi connectivity index (χ2v) is 7.62. The lowest BCUT2D eigenvalue weighted by molar-refractivity contribution is -0.158. The van der Waals surface area contributed by atoms with Crippen LogP contribution in [0.4, 0.5) is 4.79 Å². The predicted molar refractivity (Wildman–Crippen MR) is 93.0 cm³/mol. The van der Waals surface area contributed by atoms with Crippen LogP contribution in [0.1, 0.15) is 40.2 Å². The first-order valence-corrected chi connectivity index (χ1v) is 8.37. The summed E-state index contributed by atoms with van der Waals surface area (Å²) < 4.78 is 16.3. The maximum atomic E-state index is 12.8. The molecule has 1 aliphatic heterocycles. The number of ether oxygens (including phenoxy) is 3. The number of benzene rings is 1. The largest absolute Gasteiger partial charge is 0.467 e. The number of hydrogen-bond donors (Lipinski definition) is 0. The van der Waals surface area contributed by atoms with E-state index in [1.54, 1.807) is 34.6 Å². The maximum Gasteiger partial charge on any atom is 0.412 e. The molecule has 6 nitrogen and oxygen atoms in total. The van der Waals surface area contributed by atoms with Crippen LogP contribution >= 0.6 is 0 Å². The summed E-state index contributed by atoms with van der Waals surface area (Å²) in [4.78, 5) is 26.5. The average Bonchev–Trinajstić information content (AvgIpc) is 2.76. The minimum atomic E-state index is -0.985. The molecule has 1 fully saturated rings. The van der Waals surface area contributed by atoms with Crippen LogP contribution in [0, 0.1) is 0 Å². The first kappa shape index (κ1) is 19.2. The second kappa shape index (κ2) is 7.04. The van der Waals surface area contributed by atoms with Crippen molar-refractivity contribution in [2.24, 2.45) is 0 Å². The zero-order valence-electron chi connectivity index (χ0n) is 15.7. The number of hydrogen-bond acceptors (Lipinski definition) is 5. The van der Waals surface area contributed by atoms with Gasteiger partial charge in [-0.15, -0.1) is 0 Å². The Balaban J connectivity index is 2.36. The van der Waals surface area contributed by atoms with Gasteiger partial charge >= 0.3 is 12.1 Å². The van der Waals surface area contributed by atoms with Crippen molar-refractivity contribution in [3.05, 3.63) is 35.9 Å². The molecule has 1 amide bonds. The highest BCUT2D eigenvalue weighted by molar-refractivity contribution is 5.79. The number of rotatable bonds is 3. The Hall–Kier alpha value is -2.08. The highest BCUT2D eigenvalue weighted by Gasteiger charge is 2.54. The molecule has 0 aliphatic carbocycles. The van der Waals surface area contributed by atoms with Crippen LogP contribution in [-0.4, -0.2) is 47.5 Å². The summed E-state index contributed by atoms with van der Waals surface area (Å²) in [5.41, 5.74) is -0.634. The van der Waals surface area contributed by atoms with E-state index in [1.807, 2.05) is 30.3 Å². The van der Waals surface area contributed by atoms with E-state index >= 15 is 0 Å². The number of amides is 1. The summed E-state index contributed by atoms with van der Waals surface area (Å²) in [5, 5.41) is 0. The number of methoxy groups -OCH3 is 1. The van der Waals surface area contributed by atoms with Gasteiger partial charge in [0.05, 0.1) is 13.2 Å². The van der Waals surface area contributed by atoms with E-state index in [0.29, 0.717) is 6.42 Å². The molecular formula is C19H27NO5. The third-order valence-electron chi connectivity index (χ3n) is 3.99. The number of carbonyl (C=O) groups excluding carboxylic acids is 2. The van der Waals surface area contributed by atoms with E-state index < -0.39 is 35.5 Å². The van der Waals surface area contributed by atoms with Crippen molar-refractivity contribution in [3.63, 3.8) is 0 Å². The zero-order valence-corrected chi connectivity index (χ0v) is 15.7. The van der Waals surface area contributed by atoms with E-state index in [2.05, 4.69) is 0 Å². The Morgan fingerprint density at radius 3 is 2.32 bits per heavy atom. The lowest BCUT2D eigenvalue weighted by atomic mass is 10.0. The smallest absolute Gasteiger partial charge is 0.412 e. The molecule has 0 N–H and O–H groups in total. The van der Waals surface area contributed by atoms with Crippen molar-refractivity contribution < 1.29 is 23.8 Å². The Labute approximate surface area is 149 Å². The second-order valence-electron chi connectivity index (χ2n) is 7.62. The van der Waals surface area contributed by atoms with E-state index in [4.69, 9.17) is 14.2 Å². The van der Waals surface area contributed by atoms with Crippen molar-refractivity contribution in [2.75, 3.05) is 7.11 Å². The summed E-state index contributed by atoms with van der Waals surface area (Å²) in [6.07, 6.45) is -0.916. The average molecular weight is 349 g/mol. The molecule has 1 aromatic rings. The summed E-state index contributed by atoms with van der Waals surface area (Å²) in [6, 6.07) is 9.14. The maximum absolute atomic E-state index is 12.8. The van der Waals surface area contributed by atoms with Gasteiger partial charge in [0.2, 0.25) is 0 Å². The monoisotopic (exact) mass is 349 g/mol. The Morgan fingerprint density at radius 2 is 1.80 bits per heavy atom. The van der Waals surface area contributed by atoms with Crippen LogP contribution < -0.4 is 0 Å². The quantitative estimate of drug-likeness (QED) is 0.785. The summed E-state index contributed by atoms with van der Waals surface area (Å²) >= 11 is 0. The Morgan fingerprint density at radius 1 is 1.20 bits per heavy atom. The molecule has 0 aromatic heterocycles. The van der Waals surface area contributed by atoms with Gasteiger partial charge in [-0.05, 0) is 46.6 Å². The van der Waals surface area contributed by atoms with Gasteiger partial charge in [0.15, 0.2) is 6.10 Å². The standard InChI is InChI=1S/C19H27NO5/c1-18(2,3)25-17(22)20-14(12-13-10-8-7-9-11-13)15(16(21)23-6)24-19(20,4)5/h7-11,14-15H,12H2,1-6H3/t14-,15+/m1/s1.